The maximum atomic E-state index is 12.0. The predicted octanol–water partition coefficient (Wildman–Crippen LogP) is 1.83. The van der Waals surface area contributed by atoms with E-state index in [1.54, 1.807) is 20.2 Å². The van der Waals surface area contributed by atoms with Crippen LogP contribution in [-0.2, 0) is 9.53 Å². The Bertz CT molecular complexity index is 639. The lowest BCUT2D eigenvalue weighted by molar-refractivity contribution is -0.384. The third kappa shape index (κ3) is 4.21. The van der Waals surface area contributed by atoms with Crippen molar-refractivity contribution in [2.45, 2.75) is 19.3 Å². The summed E-state index contributed by atoms with van der Waals surface area (Å²) in [6, 6.07) is 4.29. The van der Waals surface area contributed by atoms with E-state index in [-0.39, 0.29) is 17.2 Å². The monoisotopic (exact) mass is 335 g/mol. The van der Waals surface area contributed by atoms with E-state index in [0.29, 0.717) is 5.69 Å². The number of ether oxygens (including phenoxy) is 1. The molecule has 0 unspecified atom stereocenters. The number of piperidine rings is 1. The van der Waals surface area contributed by atoms with Gasteiger partial charge in [0.1, 0.15) is 5.69 Å². The molecule has 0 spiro atoms. The fourth-order valence-corrected chi connectivity index (χ4v) is 2.54. The highest BCUT2D eigenvalue weighted by atomic mass is 16.6. The van der Waals surface area contributed by atoms with Gasteiger partial charge in [0.25, 0.3) is 11.6 Å². The molecule has 2 rings (SSSR count). The van der Waals surface area contributed by atoms with Crippen molar-refractivity contribution < 1.29 is 19.2 Å². The average Bonchev–Trinajstić information content (AvgIpc) is 2.59. The quantitative estimate of drug-likeness (QED) is 0.463. The molecule has 0 aromatic heterocycles. The summed E-state index contributed by atoms with van der Waals surface area (Å²) in [6.45, 7) is 1.14. The number of likely N-dealkylation sites (N-methyl/N-ethyl adjacent to an activating group) is 1. The van der Waals surface area contributed by atoms with Crippen molar-refractivity contribution in [2.75, 3.05) is 38.7 Å². The second-order valence-electron chi connectivity index (χ2n) is 5.87. The summed E-state index contributed by atoms with van der Waals surface area (Å²) < 4.78 is 4.90. The van der Waals surface area contributed by atoms with Gasteiger partial charge in [0, 0.05) is 33.3 Å². The molecule has 130 valence electrons. The second-order valence-corrected chi connectivity index (χ2v) is 5.87. The van der Waals surface area contributed by atoms with E-state index in [1.165, 1.54) is 17.0 Å². The molecule has 0 radical (unpaired) electrons. The van der Waals surface area contributed by atoms with E-state index in [9.17, 15) is 19.7 Å². The molecular weight excluding hydrogens is 314 g/mol. The van der Waals surface area contributed by atoms with E-state index in [1.807, 2.05) is 4.90 Å². The third-order valence-electron chi connectivity index (χ3n) is 3.93. The standard InChI is InChI=1S/C16H21N3O5/c1-17(2)15(20)11-24-16(21)12-6-7-13(14(10-12)19(22)23)18-8-4-3-5-9-18/h6-7,10H,3-5,8-9,11H2,1-2H3. The summed E-state index contributed by atoms with van der Waals surface area (Å²) in [5.41, 5.74) is 0.458. The molecule has 1 aliphatic rings. The van der Waals surface area contributed by atoms with E-state index < -0.39 is 17.5 Å². The van der Waals surface area contributed by atoms with Gasteiger partial charge in [0.05, 0.1) is 10.5 Å². The highest BCUT2D eigenvalue weighted by molar-refractivity contribution is 5.93. The molecule has 1 aromatic rings. The number of benzene rings is 1. The molecule has 1 aliphatic heterocycles. The van der Waals surface area contributed by atoms with Crippen molar-refractivity contribution in [1.82, 2.24) is 4.90 Å². The molecule has 8 heteroatoms. The van der Waals surface area contributed by atoms with Crippen molar-refractivity contribution in [2.24, 2.45) is 0 Å². The number of esters is 1. The highest BCUT2D eigenvalue weighted by Gasteiger charge is 2.23. The van der Waals surface area contributed by atoms with Crippen LogP contribution in [0.5, 0.6) is 0 Å². The molecule has 1 aromatic carbocycles. The zero-order valence-electron chi connectivity index (χ0n) is 13.9. The van der Waals surface area contributed by atoms with Crippen LogP contribution in [-0.4, -0.2) is 55.5 Å². The number of carbonyl (C=O) groups is 2. The van der Waals surface area contributed by atoms with Gasteiger partial charge in [-0.05, 0) is 31.4 Å². The van der Waals surface area contributed by atoms with Gasteiger partial charge in [-0.15, -0.1) is 0 Å². The minimum Gasteiger partial charge on any atom is -0.452 e. The van der Waals surface area contributed by atoms with Crippen LogP contribution in [0.15, 0.2) is 18.2 Å². The SMILES string of the molecule is CN(C)C(=O)COC(=O)c1ccc(N2CCCCC2)c([N+](=O)[O-])c1. The Morgan fingerprint density at radius 3 is 2.50 bits per heavy atom. The van der Waals surface area contributed by atoms with Crippen LogP contribution in [0.3, 0.4) is 0 Å². The molecule has 1 saturated heterocycles. The van der Waals surface area contributed by atoms with Crippen LogP contribution in [0.2, 0.25) is 0 Å². The second kappa shape index (κ2) is 7.76. The van der Waals surface area contributed by atoms with Gasteiger partial charge < -0.3 is 14.5 Å². The first-order chi connectivity index (χ1) is 11.4. The summed E-state index contributed by atoms with van der Waals surface area (Å²) in [5.74, 6) is -1.11. The molecule has 0 saturated carbocycles. The normalized spacial score (nSPS) is 14.2. The lowest BCUT2D eigenvalue weighted by Gasteiger charge is -2.28. The number of amides is 1. The number of hydrogen-bond acceptors (Lipinski definition) is 6. The largest absolute Gasteiger partial charge is 0.452 e. The Kier molecular flexibility index (Phi) is 5.73. The number of anilines is 1. The van der Waals surface area contributed by atoms with Crippen molar-refractivity contribution in [3.05, 3.63) is 33.9 Å². The number of nitro benzene ring substituents is 1. The van der Waals surface area contributed by atoms with Gasteiger partial charge in [0.15, 0.2) is 6.61 Å². The Morgan fingerprint density at radius 2 is 1.92 bits per heavy atom. The summed E-state index contributed by atoms with van der Waals surface area (Å²) in [5, 5.41) is 11.4. The van der Waals surface area contributed by atoms with Crippen LogP contribution < -0.4 is 4.90 Å². The number of hydrogen-bond donors (Lipinski definition) is 0. The van der Waals surface area contributed by atoms with Crippen LogP contribution in [0, 0.1) is 10.1 Å². The Hall–Kier alpha value is -2.64. The van der Waals surface area contributed by atoms with Gasteiger partial charge in [-0.1, -0.05) is 0 Å². The lowest BCUT2D eigenvalue weighted by atomic mass is 10.1. The third-order valence-corrected chi connectivity index (χ3v) is 3.93. The van der Waals surface area contributed by atoms with E-state index in [0.717, 1.165) is 32.4 Å². The van der Waals surface area contributed by atoms with E-state index in [4.69, 9.17) is 4.74 Å². The number of rotatable bonds is 5. The summed E-state index contributed by atoms with van der Waals surface area (Å²) in [6.07, 6.45) is 3.11. The van der Waals surface area contributed by atoms with Gasteiger partial charge in [0.2, 0.25) is 0 Å². The first kappa shape index (κ1) is 17.7. The summed E-state index contributed by atoms with van der Waals surface area (Å²) >= 11 is 0. The molecule has 1 amide bonds. The number of nitrogens with zero attached hydrogens (tertiary/aromatic N) is 3. The fraction of sp³-hybridized carbons (Fsp3) is 0.500. The van der Waals surface area contributed by atoms with Crippen molar-refractivity contribution in [1.29, 1.82) is 0 Å². The zero-order valence-corrected chi connectivity index (χ0v) is 13.9. The Balaban J connectivity index is 2.17. The molecule has 0 atom stereocenters. The first-order valence-electron chi connectivity index (χ1n) is 7.81. The molecule has 0 bridgehead atoms. The van der Waals surface area contributed by atoms with Crippen molar-refractivity contribution in [3.8, 4) is 0 Å². The molecule has 0 N–H and O–H groups in total. The van der Waals surface area contributed by atoms with E-state index in [2.05, 4.69) is 0 Å². The Labute approximate surface area is 140 Å². The first-order valence-corrected chi connectivity index (χ1v) is 7.81. The highest BCUT2D eigenvalue weighted by Crippen LogP contribution is 2.31. The van der Waals surface area contributed by atoms with Crippen molar-refractivity contribution >= 4 is 23.3 Å². The molecule has 1 fully saturated rings. The van der Waals surface area contributed by atoms with Gasteiger partial charge in [-0.2, -0.15) is 0 Å². The minimum absolute atomic E-state index is 0.0639. The average molecular weight is 335 g/mol. The van der Waals surface area contributed by atoms with E-state index >= 15 is 0 Å². The maximum Gasteiger partial charge on any atom is 0.338 e. The van der Waals surface area contributed by atoms with Crippen LogP contribution in [0.4, 0.5) is 11.4 Å². The Morgan fingerprint density at radius 1 is 1.25 bits per heavy atom. The minimum atomic E-state index is -0.751. The van der Waals surface area contributed by atoms with Crippen LogP contribution in [0.1, 0.15) is 29.6 Å². The number of carbonyl (C=O) groups excluding carboxylic acids is 2. The topological polar surface area (TPSA) is 93.0 Å². The predicted molar refractivity (Wildman–Crippen MR) is 88.1 cm³/mol. The molecule has 0 aliphatic carbocycles. The maximum absolute atomic E-state index is 12.0. The number of nitro groups is 1. The van der Waals surface area contributed by atoms with Crippen molar-refractivity contribution in [3.63, 3.8) is 0 Å². The molecule has 1 heterocycles. The summed E-state index contributed by atoms with van der Waals surface area (Å²) in [4.78, 5) is 37.6. The van der Waals surface area contributed by atoms with Gasteiger partial charge >= 0.3 is 5.97 Å². The van der Waals surface area contributed by atoms with Gasteiger partial charge in [-0.3, -0.25) is 14.9 Å². The molecule has 24 heavy (non-hydrogen) atoms. The van der Waals surface area contributed by atoms with Gasteiger partial charge in [-0.25, -0.2) is 4.79 Å². The smallest absolute Gasteiger partial charge is 0.338 e. The fourth-order valence-electron chi connectivity index (χ4n) is 2.54. The molecular formula is C16H21N3O5. The molecule has 8 nitrogen and oxygen atoms in total. The van der Waals surface area contributed by atoms with Crippen LogP contribution in [0.25, 0.3) is 0 Å². The van der Waals surface area contributed by atoms with Crippen LogP contribution >= 0.6 is 0 Å². The summed E-state index contributed by atoms with van der Waals surface area (Å²) in [7, 11) is 3.10. The lowest BCUT2D eigenvalue weighted by Crippen LogP contribution is -2.30. The zero-order chi connectivity index (χ0) is 17.7.